The van der Waals surface area contributed by atoms with Gasteiger partial charge in [-0.3, -0.25) is 4.79 Å². The molecule has 1 aromatic rings. The maximum atomic E-state index is 10.4. The Morgan fingerprint density at radius 1 is 1.36 bits per heavy atom. The number of nitrogens with one attached hydrogen (secondary N) is 2. The number of hydrogen-bond donors (Lipinski definition) is 2. The second kappa shape index (κ2) is 4.65. The molecule has 0 atom stereocenters. The van der Waals surface area contributed by atoms with Crippen LogP contribution in [-0.2, 0) is 4.79 Å². The minimum absolute atomic E-state index is 0.350. The Kier molecular flexibility index (Phi) is 3.51. The average molecular weight is 192 g/mol. The Morgan fingerprint density at radius 3 is 2.64 bits per heavy atom. The summed E-state index contributed by atoms with van der Waals surface area (Å²) in [5.41, 5.74) is 2.95. The summed E-state index contributed by atoms with van der Waals surface area (Å²) in [5, 5.41) is 5.98. The van der Waals surface area contributed by atoms with E-state index in [2.05, 4.69) is 24.5 Å². The molecule has 0 fully saturated rings. The summed E-state index contributed by atoms with van der Waals surface area (Å²) in [6.45, 7) is 6.15. The van der Waals surface area contributed by atoms with Crippen molar-refractivity contribution in [3.63, 3.8) is 0 Å². The molecule has 0 saturated carbocycles. The maximum absolute atomic E-state index is 10.4. The lowest BCUT2D eigenvalue weighted by Crippen LogP contribution is -2.12. The summed E-state index contributed by atoms with van der Waals surface area (Å²) in [6.07, 6.45) is 0.695. The summed E-state index contributed by atoms with van der Waals surface area (Å²) >= 11 is 0. The van der Waals surface area contributed by atoms with Gasteiger partial charge in [-0.2, -0.15) is 0 Å². The predicted molar refractivity (Wildman–Crippen MR) is 59.6 cm³/mol. The Morgan fingerprint density at radius 2 is 2.07 bits per heavy atom. The van der Waals surface area contributed by atoms with Crippen LogP contribution in [0.4, 0.5) is 11.4 Å². The van der Waals surface area contributed by atoms with Crippen LogP contribution >= 0.6 is 0 Å². The van der Waals surface area contributed by atoms with Gasteiger partial charge in [0.25, 0.3) is 0 Å². The molecule has 0 bridgehead atoms. The molecule has 1 amide bonds. The molecule has 0 radical (unpaired) electrons. The Balaban J connectivity index is 3.01. The van der Waals surface area contributed by atoms with Crippen molar-refractivity contribution in [2.45, 2.75) is 26.8 Å². The molecule has 0 aliphatic heterocycles. The highest BCUT2D eigenvalue weighted by Crippen LogP contribution is 2.25. The number of aryl methyl sites for hydroxylation is 1. The van der Waals surface area contributed by atoms with Crippen LogP contribution in [0.3, 0.4) is 0 Å². The molecule has 14 heavy (non-hydrogen) atoms. The number of anilines is 2. The lowest BCUT2D eigenvalue weighted by atomic mass is 10.1. The first-order chi connectivity index (χ1) is 6.65. The molecule has 0 aliphatic carbocycles. The van der Waals surface area contributed by atoms with Crippen LogP contribution in [0.5, 0.6) is 0 Å². The Bertz CT molecular complexity index is 321. The van der Waals surface area contributed by atoms with E-state index < -0.39 is 0 Å². The number of carbonyl (C=O) groups is 1. The molecule has 0 saturated heterocycles. The number of rotatable bonds is 4. The molecule has 2 N–H and O–H groups in total. The van der Waals surface area contributed by atoms with Gasteiger partial charge in [0.1, 0.15) is 0 Å². The third kappa shape index (κ3) is 2.49. The molecule has 3 nitrogen and oxygen atoms in total. The van der Waals surface area contributed by atoms with Crippen LogP contribution in [0.1, 0.15) is 19.4 Å². The molecule has 1 rings (SSSR count). The molecular weight excluding hydrogens is 176 g/mol. The van der Waals surface area contributed by atoms with Crippen molar-refractivity contribution in [3.8, 4) is 0 Å². The van der Waals surface area contributed by atoms with Gasteiger partial charge in [0, 0.05) is 6.04 Å². The Labute approximate surface area is 84.5 Å². The molecule has 0 unspecified atom stereocenters. The fourth-order valence-electron chi connectivity index (χ4n) is 1.33. The first-order valence-corrected chi connectivity index (χ1v) is 4.71. The molecule has 0 spiro atoms. The largest absolute Gasteiger partial charge is 0.381 e. The number of amides is 1. The fraction of sp³-hybridized carbons (Fsp3) is 0.364. The molecule has 0 heterocycles. The van der Waals surface area contributed by atoms with Crippen molar-refractivity contribution in [2.24, 2.45) is 0 Å². The first kappa shape index (κ1) is 10.6. The van der Waals surface area contributed by atoms with Crippen LogP contribution in [-0.4, -0.2) is 12.5 Å². The van der Waals surface area contributed by atoms with Gasteiger partial charge in [-0.15, -0.1) is 0 Å². The van der Waals surface area contributed by atoms with E-state index in [1.165, 1.54) is 0 Å². The second-order valence-electron chi connectivity index (χ2n) is 3.56. The van der Waals surface area contributed by atoms with Crippen molar-refractivity contribution >= 4 is 17.8 Å². The van der Waals surface area contributed by atoms with E-state index in [9.17, 15) is 4.79 Å². The second-order valence-corrected chi connectivity index (χ2v) is 3.56. The third-order valence-corrected chi connectivity index (χ3v) is 1.92. The molecule has 1 aromatic carbocycles. The average Bonchev–Trinajstić information content (AvgIpc) is 2.11. The van der Waals surface area contributed by atoms with Crippen molar-refractivity contribution in [1.82, 2.24) is 0 Å². The van der Waals surface area contributed by atoms with Gasteiger partial charge in [-0.25, -0.2) is 0 Å². The number of hydrogen-bond acceptors (Lipinski definition) is 2. The van der Waals surface area contributed by atoms with E-state index in [4.69, 9.17) is 0 Å². The lowest BCUT2D eigenvalue weighted by Gasteiger charge is -2.16. The van der Waals surface area contributed by atoms with Crippen LogP contribution in [0.25, 0.3) is 0 Å². The monoisotopic (exact) mass is 192 g/mol. The number of carbonyl (C=O) groups excluding carboxylic acids is 1. The fourth-order valence-corrected chi connectivity index (χ4v) is 1.33. The first-order valence-electron chi connectivity index (χ1n) is 4.71. The highest BCUT2D eigenvalue weighted by Gasteiger charge is 2.05. The smallest absolute Gasteiger partial charge is 0.211 e. The van der Waals surface area contributed by atoms with E-state index in [1.54, 1.807) is 0 Å². The highest BCUT2D eigenvalue weighted by atomic mass is 16.1. The zero-order chi connectivity index (χ0) is 10.6. The predicted octanol–water partition coefficient (Wildman–Crippen LogP) is 2.38. The molecule has 76 valence electrons. The van der Waals surface area contributed by atoms with Gasteiger partial charge in [-0.05, 0) is 32.4 Å². The van der Waals surface area contributed by atoms with E-state index >= 15 is 0 Å². The quantitative estimate of drug-likeness (QED) is 0.719. The zero-order valence-electron chi connectivity index (χ0n) is 8.79. The summed E-state index contributed by atoms with van der Waals surface area (Å²) < 4.78 is 0. The zero-order valence-corrected chi connectivity index (χ0v) is 8.79. The maximum Gasteiger partial charge on any atom is 0.211 e. The van der Waals surface area contributed by atoms with E-state index in [-0.39, 0.29) is 0 Å². The van der Waals surface area contributed by atoms with Gasteiger partial charge in [0.2, 0.25) is 6.41 Å². The topological polar surface area (TPSA) is 41.1 Å². The van der Waals surface area contributed by atoms with Gasteiger partial charge in [0.05, 0.1) is 11.4 Å². The Hall–Kier alpha value is -1.51. The van der Waals surface area contributed by atoms with Crippen LogP contribution in [0, 0.1) is 6.92 Å². The van der Waals surface area contributed by atoms with Crippen molar-refractivity contribution < 1.29 is 4.79 Å². The molecule has 0 aliphatic rings. The summed E-state index contributed by atoms with van der Waals surface area (Å²) in [7, 11) is 0. The molecular formula is C11H16N2O. The number of benzene rings is 1. The van der Waals surface area contributed by atoms with E-state index in [0.29, 0.717) is 12.5 Å². The minimum atomic E-state index is 0.350. The lowest BCUT2D eigenvalue weighted by molar-refractivity contribution is -0.105. The van der Waals surface area contributed by atoms with Crippen molar-refractivity contribution in [1.29, 1.82) is 0 Å². The van der Waals surface area contributed by atoms with Gasteiger partial charge in [-0.1, -0.05) is 12.1 Å². The number of para-hydroxylation sites is 1. The normalized spacial score (nSPS) is 10.0. The molecule has 0 aromatic heterocycles. The SMILES string of the molecule is Cc1cccc(NC=O)c1NC(C)C. The van der Waals surface area contributed by atoms with E-state index in [1.807, 2.05) is 25.1 Å². The summed E-state index contributed by atoms with van der Waals surface area (Å²) in [5.74, 6) is 0. The van der Waals surface area contributed by atoms with Crippen LogP contribution in [0.2, 0.25) is 0 Å². The minimum Gasteiger partial charge on any atom is -0.381 e. The highest BCUT2D eigenvalue weighted by molar-refractivity contribution is 5.82. The van der Waals surface area contributed by atoms with Gasteiger partial charge in [0.15, 0.2) is 0 Å². The van der Waals surface area contributed by atoms with Crippen molar-refractivity contribution in [2.75, 3.05) is 10.6 Å². The van der Waals surface area contributed by atoms with Gasteiger partial charge >= 0.3 is 0 Å². The van der Waals surface area contributed by atoms with Crippen LogP contribution < -0.4 is 10.6 Å². The summed E-state index contributed by atoms with van der Waals surface area (Å²) in [6, 6.07) is 6.17. The van der Waals surface area contributed by atoms with Crippen LogP contribution in [0.15, 0.2) is 18.2 Å². The third-order valence-electron chi connectivity index (χ3n) is 1.92. The van der Waals surface area contributed by atoms with E-state index in [0.717, 1.165) is 16.9 Å². The van der Waals surface area contributed by atoms with Crippen molar-refractivity contribution in [3.05, 3.63) is 23.8 Å². The standard InChI is InChI=1S/C11H16N2O/c1-8(2)13-11-9(3)5-4-6-10(11)12-7-14/h4-8,13H,1-3H3,(H,12,14). The van der Waals surface area contributed by atoms with Gasteiger partial charge < -0.3 is 10.6 Å². The summed E-state index contributed by atoms with van der Waals surface area (Å²) in [4.78, 5) is 10.4. The molecule has 3 heteroatoms.